The van der Waals surface area contributed by atoms with Crippen LogP contribution in [0.2, 0.25) is 0 Å². The van der Waals surface area contributed by atoms with Crippen LogP contribution >= 0.6 is 0 Å². The van der Waals surface area contributed by atoms with E-state index in [4.69, 9.17) is 10.2 Å². The smallest absolute Gasteiger partial charge is 0.230 e. The lowest BCUT2D eigenvalue weighted by Crippen LogP contribution is -2.42. The van der Waals surface area contributed by atoms with Gasteiger partial charge >= 0.3 is 0 Å². The second-order valence-corrected chi connectivity index (χ2v) is 4.71. The fourth-order valence-electron chi connectivity index (χ4n) is 2.27. The van der Waals surface area contributed by atoms with Crippen LogP contribution in [0.1, 0.15) is 25.1 Å². The van der Waals surface area contributed by atoms with E-state index in [-0.39, 0.29) is 0 Å². The van der Waals surface area contributed by atoms with Gasteiger partial charge in [-0.25, -0.2) is 0 Å². The minimum absolute atomic E-state index is 0.595. The number of nitrogens with two attached hydrogens (primary N) is 1. The van der Waals surface area contributed by atoms with E-state index in [1.165, 1.54) is 6.42 Å². The SMILES string of the molecule is Cc1nnc(CN2CCC(C)C(CN)C2)o1. The molecule has 0 spiro atoms. The van der Waals surface area contributed by atoms with Crippen LogP contribution in [0.3, 0.4) is 0 Å². The van der Waals surface area contributed by atoms with Crippen molar-refractivity contribution in [1.82, 2.24) is 15.1 Å². The Morgan fingerprint density at radius 1 is 1.50 bits per heavy atom. The van der Waals surface area contributed by atoms with Gasteiger partial charge in [0.15, 0.2) is 0 Å². The van der Waals surface area contributed by atoms with Crippen molar-refractivity contribution in [3.8, 4) is 0 Å². The molecule has 5 heteroatoms. The molecule has 16 heavy (non-hydrogen) atoms. The van der Waals surface area contributed by atoms with E-state index >= 15 is 0 Å². The van der Waals surface area contributed by atoms with E-state index in [0.29, 0.717) is 17.7 Å². The first kappa shape index (κ1) is 11.5. The van der Waals surface area contributed by atoms with Crippen LogP contribution in [-0.4, -0.2) is 34.7 Å². The molecule has 1 aliphatic heterocycles. The molecule has 0 amide bonds. The molecule has 0 saturated carbocycles. The Bertz CT molecular complexity index is 338. The average molecular weight is 224 g/mol. The quantitative estimate of drug-likeness (QED) is 0.822. The van der Waals surface area contributed by atoms with Crippen molar-refractivity contribution in [3.05, 3.63) is 11.8 Å². The third-order valence-corrected chi connectivity index (χ3v) is 3.43. The molecule has 1 saturated heterocycles. The summed E-state index contributed by atoms with van der Waals surface area (Å²) in [6, 6.07) is 0. The maximum Gasteiger partial charge on any atom is 0.230 e. The normalized spacial score (nSPS) is 27.2. The molecular formula is C11H20N4O. The number of hydrogen-bond acceptors (Lipinski definition) is 5. The number of aryl methyl sites for hydroxylation is 1. The summed E-state index contributed by atoms with van der Waals surface area (Å²) in [6.07, 6.45) is 1.20. The van der Waals surface area contributed by atoms with E-state index < -0.39 is 0 Å². The summed E-state index contributed by atoms with van der Waals surface area (Å²) in [6.45, 7) is 7.76. The molecule has 2 rings (SSSR count). The largest absolute Gasteiger partial charge is 0.424 e. The Balaban J connectivity index is 1.91. The monoisotopic (exact) mass is 224 g/mol. The lowest BCUT2D eigenvalue weighted by Gasteiger charge is -2.35. The molecule has 1 fully saturated rings. The fourth-order valence-corrected chi connectivity index (χ4v) is 2.27. The van der Waals surface area contributed by atoms with Crippen molar-refractivity contribution in [2.24, 2.45) is 17.6 Å². The van der Waals surface area contributed by atoms with Gasteiger partial charge in [0, 0.05) is 13.5 Å². The van der Waals surface area contributed by atoms with Crippen molar-refractivity contribution < 1.29 is 4.42 Å². The zero-order chi connectivity index (χ0) is 11.5. The molecule has 1 aliphatic rings. The highest BCUT2D eigenvalue weighted by Crippen LogP contribution is 2.23. The van der Waals surface area contributed by atoms with Crippen molar-refractivity contribution in [2.45, 2.75) is 26.8 Å². The van der Waals surface area contributed by atoms with Crippen molar-refractivity contribution in [1.29, 1.82) is 0 Å². The molecule has 90 valence electrons. The molecule has 0 aromatic carbocycles. The molecule has 2 N–H and O–H groups in total. The highest BCUT2D eigenvalue weighted by atomic mass is 16.4. The third-order valence-electron chi connectivity index (χ3n) is 3.43. The van der Waals surface area contributed by atoms with Crippen LogP contribution in [0.15, 0.2) is 4.42 Å². The molecule has 0 aliphatic carbocycles. The second-order valence-electron chi connectivity index (χ2n) is 4.71. The predicted octanol–water partition coefficient (Wildman–Crippen LogP) is 0.795. The third kappa shape index (κ3) is 2.59. The van der Waals surface area contributed by atoms with Crippen LogP contribution in [0.25, 0.3) is 0 Å². The van der Waals surface area contributed by atoms with Crippen LogP contribution in [0.4, 0.5) is 0 Å². The van der Waals surface area contributed by atoms with Crippen LogP contribution < -0.4 is 5.73 Å². The fraction of sp³-hybridized carbons (Fsp3) is 0.818. The summed E-state index contributed by atoms with van der Waals surface area (Å²) in [5.74, 6) is 2.67. The van der Waals surface area contributed by atoms with Gasteiger partial charge in [-0.3, -0.25) is 4.90 Å². The maximum absolute atomic E-state index is 5.78. The summed E-state index contributed by atoms with van der Waals surface area (Å²) >= 11 is 0. The zero-order valence-corrected chi connectivity index (χ0v) is 10.0. The lowest BCUT2D eigenvalue weighted by molar-refractivity contribution is 0.117. The van der Waals surface area contributed by atoms with Crippen molar-refractivity contribution in [2.75, 3.05) is 19.6 Å². The highest BCUT2D eigenvalue weighted by molar-refractivity contribution is 4.84. The molecule has 2 heterocycles. The minimum Gasteiger partial charge on any atom is -0.424 e. The highest BCUT2D eigenvalue weighted by Gasteiger charge is 2.25. The first-order chi connectivity index (χ1) is 7.69. The van der Waals surface area contributed by atoms with E-state index in [1.54, 1.807) is 0 Å². The van der Waals surface area contributed by atoms with Gasteiger partial charge < -0.3 is 10.2 Å². The molecule has 0 radical (unpaired) electrons. The van der Waals surface area contributed by atoms with Crippen molar-refractivity contribution >= 4 is 0 Å². The lowest BCUT2D eigenvalue weighted by atomic mass is 9.87. The van der Waals surface area contributed by atoms with Crippen LogP contribution in [0, 0.1) is 18.8 Å². The van der Waals surface area contributed by atoms with Gasteiger partial charge in [-0.15, -0.1) is 10.2 Å². The molecule has 2 atom stereocenters. The number of piperidine rings is 1. The Labute approximate surface area is 96.0 Å². The number of likely N-dealkylation sites (tertiary alicyclic amines) is 1. The first-order valence-corrected chi connectivity index (χ1v) is 5.90. The Morgan fingerprint density at radius 3 is 2.94 bits per heavy atom. The summed E-state index contributed by atoms with van der Waals surface area (Å²) in [5, 5.41) is 7.86. The van der Waals surface area contributed by atoms with E-state index in [2.05, 4.69) is 22.0 Å². The standard InChI is InChI=1S/C11H20N4O/c1-8-3-4-15(6-10(8)5-12)7-11-14-13-9(2)16-11/h8,10H,3-7,12H2,1-2H3. The molecule has 2 unspecified atom stereocenters. The van der Waals surface area contributed by atoms with Gasteiger partial charge in [-0.1, -0.05) is 6.92 Å². The van der Waals surface area contributed by atoms with E-state index in [9.17, 15) is 0 Å². The van der Waals surface area contributed by atoms with Crippen molar-refractivity contribution in [3.63, 3.8) is 0 Å². The predicted molar refractivity (Wildman–Crippen MR) is 60.6 cm³/mol. The number of hydrogen-bond donors (Lipinski definition) is 1. The Kier molecular flexibility index (Phi) is 3.56. The maximum atomic E-state index is 5.78. The molecule has 1 aromatic heterocycles. The van der Waals surface area contributed by atoms with Gasteiger partial charge in [0.1, 0.15) is 0 Å². The van der Waals surface area contributed by atoms with Crippen LogP contribution in [0.5, 0.6) is 0 Å². The van der Waals surface area contributed by atoms with Crippen LogP contribution in [-0.2, 0) is 6.54 Å². The van der Waals surface area contributed by atoms with E-state index in [1.807, 2.05) is 6.92 Å². The Hall–Kier alpha value is -0.940. The number of aromatic nitrogens is 2. The minimum atomic E-state index is 0.595. The molecular weight excluding hydrogens is 204 g/mol. The summed E-state index contributed by atoms with van der Waals surface area (Å²) in [7, 11) is 0. The first-order valence-electron chi connectivity index (χ1n) is 5.90. The number of nitrogens with zero attached hydrogens (tertiary/aromatic N) is 3. The number of rotatable bonds is 3. The molecule has 0 bridgehead atoms. The van der Waals surface area contributed by atoms with Gasteiger partial charge in [-0.2, -0.15) is 0 Å². The Morgan fingerprint density at radius 2 is 2.31 bits per heavy atom. The van der Waals surface area contributed by atoms with Gasteiger partial charge in [0.05, 0.1) is 6.54 Å². The average Bonchev–Trinajstić information content (AvgIpc) is 2.67. The van der Waals surface area contributed by atoms with E-state index in [0.717, 1.165) is 32.1 Å². The second kappa shape index (κ2) is 4.93. The molecule has 5 nitrogen and oxygen atoms in total. The summed E-state index contributed by atoms with van der Waals surface area (Å²) in [4.78, 5) is 2.35. The topological polar surface area (TPSA) is 68.2 Å². The molecule has 1 aromatic rings. The zero-order valence-electron chi connectivity index (χ0n) is 10.0. The summed E-state index contributed by atoms with van der Waals surface area (Å²) in [5.41, 5.74) is 5.78. The van der Waals surface area contributed by atoms with Gasteiger partial charge in [0.2, 0.25) is 11.8 Å². The summed E-state index contributed by atoms with van der Waals surface area (Å²) < 4.78 is 5.39. The van der Waals surface area contributed by atoms with Gasteiger partial charge in [0.25, 0.3) is 0 Å². The van der Waals surface area contributed by atoms with Gasteiger partial charge in [-0.05, 0) is 31.3 Å².